The third-order valence-corrected chi connectivity index (χ3v) is 7.34. The van der Waals surface area contributed by atoms with Crippen molar-refractivity contribution in [1.29, 1.82) is 0 Å². The van der Waals surface area contributed by atoms with Crippen molar-refractivity contribution in [2.75, 3.05) is 20.8 Å². The van der Waals surface area contributed by atoms with E-state index < -0.39 is 34.5 Å². The molecule has 0 unspecified atom stereocenters. The van der Waals surface area contributed by atoms with Crippen molar-refractivity contribution in [3.05, 3.63) is 52.5 Å². The van der Waals surface area contributed by atoms with E-state index in [-0.39, 0.29) is 30.7 Å². The lowest BCUT2D eigenvalue weighted by Gasteiger charge is -2.27. The van der Waals surface area contributed by atoms with Gasteiger partial charge in [-0.15, -0.1) is 0 Å². The van der Waals surface area contributed by atoms with Gasteiger partial charge in [0.25, 0.3) is 0 Å². The molecule has 0 N–H and O–H groups in total. The molecular formula is C28H38N4O8. The normalized spacial score (nSPS) is 17.8. The second-order valence-electron chi connectivity index (χ2n) is 10.4. The van der Waals surface area contributed by atoms with E-state index in [2.05, 4.69) is 11.9 Å². The van der Waals surface area contributed by atoms with Gasteiger partial charge in [0, 0.05) is 6.42 Å². The number of methoxy groups -OCH3 is 2. The highest BCUT2D eigenvalue weighted by atomic mass is 16.6. The lowest BCUT2D eigenvalue weighted by Crippen LogP contribution is -2.44. The van der Waals surface area contributed by atoms with Crippen LogP contribution in [-0.4, -0.2) is 70.1 Å². The summed E-state index contributed by atoms with van der Waals surface area (Å²) in [6.07, 6.45) is 6.38. The molecular weight excluding hydrogens is 520 g/mol. The summed E-state index contributed by atoms with van der Waals surface area (Å²) in [5.74, 6) is -1.10. The highest BCUT2D eigenvalue weighted by Gasteiger charge is 2.44. The van der Waals surface area contributed by atoms with Crippen molar-refractivity contribution in [2.24, 2.45) is 0 Å². The molecule has 3 atom stereocenters. The van der Waals surface area contributed by atoms with Gasteiger partial charge in [0.15, 0.2) is 0 Å². The molecule has 2 aromatic rings. The van der Waals surface area contributed by atoms with Crippen molar-refractivity contribution in [1.82, 2.24) is 14.5 Å². The zero-order valence-corrected chi connectivity index (χ0v) is 23.7. The number of unbranched alkanes of at least 4 members (excludes halogenated alkanes) is 3. The van der Waals surface area contributed by atoms with E-state index in [0.29, 0.717) is 12.2 Å². The van der Waals surface area contributed by atoms with Crippen LogP contribution in [0, 0.1) is 10.1 Å². The maximum atomic E-state index is 13.9. The fourth-order valence-corrected chi connectivity index (χ4v) is 4.95. The van der Waals surface area contributed by atoms with E-state index in [0.717, 1.165) is 31.2 Å². The Kier molecular flexibility index (Phi) is 10.2. The molecule has 1 aliphatic rings. The van der Waals surface area contributed by atoms with Gasteiger partial charge in [-0.05, 0) is 47.9 Å². The summed E-state index contributed by atoms with van der Waals surface area (Å²) in [6.45, 7) is 5.75. The molecule has 1 amide bonds. The van der Waals surface area contributed by atoms with Crippen LogP contribution in [0.1, 0.15) is 70.9 Å². The molecule has 0 saturated carbocycles. The first kappa shape index (κ1) is 30.6. The number of likely N-dealkylation sites (tertiary alicyclic amines) is 1. The molecule has 1 aliphatic heterocycles. The van der Waals surface area contributed by atoms with Crippen LogP contribution in [0.3, 0.4) is 0 Å². The lowest BCUT2D eigenvalue weighted by atomic mass is 9.85. The Bertz CT molecular complexity index is 1190. The van der Waals surface area contributed by atoms with Gasteiger partial charge in [-0.3, -0.25) is 14.2 Å². The molecule has 1 saturated heterocycles. The Balaban J connectivity index is 1.80. The monoisotopic (exact) mass is 558 g/mol. The first-order chi connectivity index (χ1) is 19.0. The highest BCUT2D eigenvalue weighted by molar-refractivity contribution is 5.87. The summed E-state index contributed by atoms with van der Waals surface area (Å²) in [5.41, 5.74) is -0.0864. The summed E-state index contributed by atoms with van der Waals surface area (Å²) < 4.78 is 17.5. The summed E-state index contributed by atoms with van der Waals surface area (Å²) in [6, 6.07) is 5.40. The van der Waals surface area contributed by atoms with Crippen molar-refractivity contribution in [2.45, 2.75) is 82.9 Å². The number of esters is 2. The fraction of sp³-hybridized carbons (Fsp3) is 0.571. The number of benzene rings is 1. The predicted molar refractivity (Wildman–Crippen MR) is 145 cm³/mol. The number of imidazole rings is 1. The number of carbonyl (C=O) groups excluding carboxylic acids is 3. The molecule has 40 heavy (non-hydrogen) atoms. The van der Waals surface area contributed by atoms with Crippen molar-refractivity contribution >= 4 is 23.7 Å². The van der Waals surface area contributed by atoms with Crippen molar-refractivity contribution < 1.29 is 33.5 Å². The van der Waals surface area contributed by atoms with E-state index in [9.17, 15) is 24.5 Å². The second-order valence-corrected chi connectivity index (χ2v) is 10.4. The molecule has 0 bridgehead atoms. The first-order valence-electron chi connectivity index (χ1n) is 13.4. The zero-order chi connectivity index (χ0) is 29.4. The molecule has 0 spiro atoms. The van der Waals surface area contributed by atoms with Crippen LogP contribution in [0.5, 0.6) is 5.75 Å². The van der Waals surface area contributed by atoms with Gasteiger partial charge in [0.2, 0.25) is 12.2 Å². The Morgan fingerprint density at radius 1 is 1.12 bits per heavy atom. The number of nitrogens with zero attached hydrogens (tertiary/aromatic N) is 4. The SMILES string of the molecule is CCCCCC[C@H](C(=O)N1C[C@@H](Oc2ccc(C(C)(C)C(=O)OC)cc2)C[C@H]1C(=O)OC)n1cnc([N+](=O)[O-])c1. The van der Waals surface area contributed by atoms with Gasteiger partial charge < -0.3 is 29.2 Å². The number of carbonyl (C=O) groups is 3. The largest absolute Gasteiger partial charge is 0.488 e. The van der Waals surface area contributed by atoms with E-state index >= 15 is 0 Å². The Morgan fingerprint density at radius 3 is 2.40 bits per heavy atom. The van der Waals surface area contributed by atoms with Gasteiger partial charge in [0.1, 0.15) is 30.1 Å². The van der Waals surface area contributed by atoms with Crippen LogP contribution >= 0.6 is 0 Å². The Morgan fingerprint density at radius 2 is 1.82 bits per heavy atom. The van der Waals surface area contributed by atoms with Crippen molar-refractivity contribution in [3.8, 4) is 5.75 Å². The zero-order valence-electron chi connectivity index (χ0n) is 23.7. The lowest BCUT2D eigenvalue weighted by molar-refractivity contribution is -0.389. The smallest absolute Gasteiger partial charge is 0.381 e. The van der Waals surface area contributed by atoms with Gasteiger partial charge in [-0.25, -0.2) is 4.79 Å². The molecule has 1 aromatic heterocycles. The second kappa shape index (κ2) is 13.4. The summed E-state index contributed by atoms with van der Waals surface area (Å²) >= 11 is 0. The van der Waals surface area contributed by atoms with Crippen LogP contribution in [0.25, 0.3) is 0 Å². The molecule has 1 fully saturated rings. The first-order valence-corrected chi connectivity index (χ1v) is 13.4. The molecule has 218 valence electrons. The number of amides is 1. The third-order valence-electron chi connectivity index (χ3n) is 7.34. The van der Waals surface area contributed by atoms with Crippen LogP contribution in [-0.2, 0) is 29.3 Å². The summed E-state index contributed by atoms with van der Waals surface area (Å²) in [5, 5.41) is 11.2. The Labute approximate surface area is 233 Å². The van der Waals surface area contributed by atoms with E-state index in [1.165, 1.54) is 36.2 Å². The van der Waals surface area contributed by atoms with E-state index in [1.54, 1.807) is 38.1 Å². The molecule has 12 nitrogen and oxygen atoms in total. The number of rotatable bonds is 13. The Hall–Kier alpha value is -3.96. The van der Waals surface area contributed by atoms with Crippen LogP contribution < -0.4 is 4.74 Å². The molecule has 3 rings (SSSR count). The molecule has 12 heteroatoms. The minimum atomic E-state index is -0.864. The minimum Gasteiger partial charge on any atom is -0.488 e. The standard InChI is InChI=1S/C28H38N4O8/c1-6-7-8-9-10-22(30-17-24(29-18-30)32(36)37)25(33)31-16-21(15-23(31)26(34)38-4)40-20-13-11-19(12-14-20)28(2,3)27(35)39-5/h11-14,17-18,21-23H,6-10,15-16H2,1-5H3/t21-,22+,23-/m0/s1. The summed E-state index contributed by atoms with van der Waals surface area (Å²) in [4.78, 5) is 54.6. The number of hydrogen-bond acceptors (Lipinski definition) is 9. The average molecular weight is 559 g/mol. The maximum Gasteiger partial charge on any atom is 0.381 e. The van der Waals surface area contributed by atoms with E-state index in [1.807, 2.05) is 0 Å². The quantitative estimate of drug-likeness (QED) is 0.154. The van der Waals surface area contributed by atoms with Gasteiger partial charge in [0.05, 0.1) is 26.2 Å². The van der Waals surface area contributed by atoms with Crippen molar-refractivity contribution in [3.63, 3.8) is 0 Å². The predicted octanol–water partition coefficient (Wildman–Crippen LogP) is 3.97. The van der Waals surface area contributed by atoms with E-state index in [4.69, 9.17) is 14.2 Å². The van der Waals surface area contributed by atoms with Gasteiger partial charge in [-0.1, -0.05) is 44.7 Å². The molecule has 1 aromatic carbocycles. The van der Waals surface area contributed by atoms with Crippen LogP contribution in [0.15, 0.2) is 36.8 Å². The molecule has 0 radical (unpaired) electrons. The molecule has 2 heterocycles. The maximum absolute atomic E-state index is 13.9. The number of hydrogen-bond donors (Lipinski definition) is 0. The number of nitro groups is 1. The van der Waals surface area contributed by atoms with Gasteiger partial charge in [-0.2, -0.15) is 0 Å². The minimum absolute atomic E-state index is 0.135. The fourth-order valence-electron chi connectivity index (χ4n) is 4.95. The van der Waals surface area contributed by atoms with Crippen LogP contribution in [0.4, 0.5) is 5.82 Å². The highest BCUT2D eigenvalue weighted by Crippen LogP contribution is 2.31. The average Bonchev–Trinajstić information content (AvgIpc) is 3.60. The topological polar surface area (TPSA) is 143 Å². The van der Waals surface area contributed by atoms with Crippen LogP contribution in [0.2, 0.25) is 0 Å². The van der Waals surface area contributed by atoms with Gasteiger partial charge >= 0.3 is 17.8 Å². The number of ether oxygens (including phenoxy) is 3. The summed E-state index contributed by atoms with van der Waals surface area (Å²) in [7, 11) is 2.61. The third kappa shape index (κ3) is 6.97. The number of aromatic nitrogens is 2. The molecule has 0 aliphatic carbocycles.